The van der Waals surface area contributed by atoms with E-state index >= 15 is 0 Å². The Morgan fingerprint density at radius 2 is 1.21 bits per heavy atom. The Bertz CT molecular complexity index is 3690. The number of aryl methyl sites for hydroxylation is 5. The van der Waals surface area contributed by atoms with Crippen LogP contribution in [0.3, 0.4) is 0 Å². The van der Waals surface area contributed by atoms with E-state index in [2.05, 4.69) is 82.4 Å². The average Bonchev–Trinajstić information content (AvgIpc) is 1.65. The molecule has 3 aliphatic rings. The third-order valence-electron chi connectivity index (χ3n) is 13.3. The molecule has 11 rings (SSSR count). The molecule has 0 saturated carbocycles. The summed E-state index contributed by atoms with van der Waals surface area (Å²) in [6, 6.07) is 23.6. The fraction of sp³-hybridized carbons (Fsp3) is 0.353. The maximum absolute atomic E-state index is 11.5. The molecule has 0 bridgehead atoms. The van der Waals surface area contributed by atoms with Crippen molar-refractivity contribution in [2.75, 3.05) is 42.7 Å². The molecule has 0 fully saturated rings. The quantitative estimate of drug-likeness (QED) is 0.0201. The fourth-order valence-electron chi connectivity index (χ4n) is 9.05. The first kappa shape index (κ1) is 87.4. The number of hydrogen-bond donors (Lipinski definition) is 4. The zero-order valence-electron chi connectivity index (χ0n) is 53.4. The minimum Gasteiger partial charge on any atom is -0.482 e. The van der Waals surface area contributed by atoms with E-state index in [1.165, 1.54) is 105 Å². The summed E-state index contributed by atoms with van der Waals surface area (Å²) in [5.74, 6) is 5.62. The molecular weight excluding hydrogens is 1240 g/mol. The Hall–Kier alpha value is -10.7. The van der Waals surface area contributed by atoms with Crippen LogP contribution in [0.4, 0.5) is 0 Å². The maximum atomic E-state index is 11.5. The molecule has 0 aromatic carbocycles. The molecule has 3 aliphatic heterocycles. The molecule has 8 aromatic heterocycles. The van der Waals surface area contributed by atoms with Gasteiger partial charge >= 0.3 is 41.8 Å². The number of carbonyl (C=O) groups is 8. The smallest absolute Gasteiger partial charge is 0.343 e. The van der Waals surface area contributed by atoms with E-state index in [0.717, 1.165) is 74.1 Å². The van der Waals surface area contributed by atoms with E-state index in [4.69, 9.17) is 9.47 Å². The van der Waals surface area contributed by atoms with E-state index in [1.807, 2.05) is 53.2 Å². The predicted molar refractivity (Wildman–Crippen MR) is 363 cm³/mol. The minimum absolute atomic E-state index is 0. The van der Waals surface area contributed by atoms with Crippen LogP contribution in [0.1, 0.15) is 145 Å². The number of aldehydes is 1. The summed E-state index contributed by atoms with van der Waals surface area (Å²) in [5.41, 5.74) is 8.21. The molecule has 0 amide bonds. The van der Waals surface area contributed by atoms with E-state index in [1.54, 1.807) is 68.2 Å². The number of H-pyrrole nitrogens is 1. The van der Waals surface area contributed by atoms with Gasteiger partial charge in [0.2, 0.25) is 5.88 Å². The van der Waals surface area contributed by atoms with Gasteiger partial charge < -0.3 is 61.8 Å². The molecule has 8 aromatic rings. The summed E-state index contributed by atoms with van der Waals surface area (Å²) >= 11 is 0. The lowest BCUT2D eigenvalue weighted by atomic mass is 10.1. The molecule has 524 valence electrons. The molecule has 0 saturated heterocycles. The Morgan fingerprint density at radius 3 is 1.68 bits per heavy atom. The Kier molecular flexibility index (Phi) is 43.0. The van der Waals surface area contributed by atoms with Gasteiger partial charge in [0, 0.05) is 93.1 Å². The predicted octanol–water partition coefficient (Wildman–Crippen LogP) is 8.10. The van der Waals surface area contributed by atoms with Crippen LogP contribution in [0.5, 0.6) is 5.88 Å². The number of nitrogens with two attached hydrogens (primary N) is 2. The number of nitrogens with one attached hydrogen (secondary N) is 1. The molecule has 0 radical (unpaired) electrons. The number of hydrazine groups is 1. The number of rotatable bonds is 9. The highest BCUT2D eigenvalue weighted by atomic mass is 16.6. The number of ether oxygens (including phenoxy) is 7. The number of methoxy groups -OCH3 is 6. The van der Waals surface area contributed by atoms with Crippen molar-refractivity contribution >= 4 is 64.5 Å². The van der Waals surface area contributed by atoms with E-state index in [-0.39, 0.29) is 56.8 Å². The van der Waals surface area contributed by atoms with Crippen LogP contribution in [0, 0.1) is 0 Å². The van der Waals surface area contributed by atoms with Gasteiger partial charge in [-0.2, -0.15) is 5.10 Å². The van der Waals surface area contributed by atoms with Crippen LogP contribution in [-0.4, -0.2) is 140 Å². The first-order chi connectivity index (χ1) is 44.3. The lowest BCUT2D eigenvalue weighted by Crippen LogP contribution is -2.12. The standard InChI is InChI=1S/C11H15NO3.C10H11N3O.C10H11NO3.C10H13NO2.C10H9NO2.C6H5NO.C4H6O3.C4H6O2.3CH4.H4N2.H2O/c1-14-10-9(11(13)15-2)7-8-5-3-4-6-12(8)10;14-10-8-5-7-3-1-2-4-13(7)9(8)6-11-12-10;1-7(10(13)14-2)9(12)8-5-3-4-6-11-8;2*1-13-10(12)8-6-9-4-2-3-5-11(9)7-8;8-5-6-3-1-2-4-7-6;1-3(5)7-4(2)6;1-3-4(5)6-2;;;;1-2;/h7H,3-6H2,1-2H3;5-6H,1-4H2,(H,12,14);3-6,9,12H,1H2,2H3;6-7H,2-5H2,1H3;2-7H,1H3;1-5H;1-2H3;3H,1H2,2H3;3*1H4;1-2H2;1H2. The largest absolute Gasteiger partial charge is 0.482 e. The number of aromatic amines is 1. The highest BCUT2D eigenvalue weighted by molar-refractivity contribution is 5.93. The molecule has 28 heteroatoms. The zero-order valence-corrected chi connectivity index (χ0v) is 53.4. The number of nitrogens with zero attached hydrogens (tertiary/aromatic N) is 7. The highest BCUT2D eigenvalue weighted by Gasteiger charge is 2.24. The van der Waals surface area contributed by atoms with Gasteiger partial charge in [0.25, 0.3) is 5.56 Å². The second kappa shape index (κ2) is 47.2. The van der Waals surface area contributed by atoms with Gasteiger partial charge in [0.15, 0.2) is 6.29 Å². The topological polar surface area (TPSA) is 396 Å². The van der Waals surface area contributed by atoms with Crippen molar-refractivity contribution in [3.05, 3.63) is 196 Å². The third kappa shape index (κ3) is 27.5. The van der Waals surface area contributed by atoms with Crippen molar-refractivity contribution in [2.24, 2.45) is 11.7 Å². The fourth-order valence-corrected chi connectivity index (χ4v) is 9.05. The molecule has 1 atom stereocenters. The highest BCUT2D eigenvalue weighted by Crippen LogP contribution is 2.29. The summed E-state index contributed by atoms with van der Waals surface area (Å²) in [7, 11) is 8.31. The van der Waals surface area contributed by atoms with Crippen LogP contribution in [0.15, 0.2) is 146 Å². The second-order valence-electron chi connectivity index (χ2n) is 19.4. The second-order valence-corrected chi connectivity index (χ2v) is 19.4. The number of aliphatic hydroxyl groups is 1. The third-order valence-corrected chi connectivity index (χ3v) is 13.3. The Morgan fingerprint density at radius 1 is 0.656 bits per heavy atom. The summed E-state index contributed by atoms with van der Waals surface area (Å²) < 4.78 is 40.1. The number of esters is 7. The Balaban J connectivity index is 0. The van der Waals surface area contributed by atoms with Gasteiger partial charge in [-0.3, -0.25) is 40.8 Å². The van der Waals surface area contributed by atoms with Crippen LogP contribution < -0.4 is 22.0 Å². The zero-order chi connectivity index (χ0) is 68.1. The number of hydrogen-bond acceptors (Lipinski definition) is 22. The van der Waals surface area contributed by atoms with Gasteiger partial charge in [-0.05, 0) is 118 Å². The monoisotopic (exact) mass is 1340 g/mol. The van der Waals surface area contributed by atoms with Crippen LogP contribution in [0.25, 0.3) is 16.4 Å². The van der Waals surface area contributed by atoms with Crippen molar-refractivity contribution in [1.29, 1.82) is 0 Å². The minimum atomic E-state index is -1.11. The molecule has 28 nitrogen and oxygen atoms in total. The SMILES string of the molecule is C.C.C.C=C(C(=O)OC)C(O)c1ccccn1.C=CC(=O)OC.CC(=O)OC(C)=O.COC(=O)c1cc2ccccn2c1.COC(=O)c1cc2n(c1)CCCC2.COC(=O)c1cc2n(c1OC)CCCC2.NN.O.O=Cc1ccccn1.O=c1[nH]ncc2c1cc1n2CCCC1. The number of fused-ring (bicyclic) bond motifs is 6. The summed E-state index contributed by atoms with van der Waals surface area (Å²) in [5, 5.41) is 16.7. The molecule has 11 heterocycles. The number of aliphatic hydroxyl groups excluding tert-OH is 1. The first-order valence-electron chi connectivity index (χ1n) is 28.6. The van der Waals surface area contributed by atoms with Gasteiger partial charge in [-0.25, -0.2) is 29.1 Å². The van der Waals surface area contributed by atoms with Gasteiger partial charge in [0.1, 0.15) is 17.4 Å². The maximum Gasteiger partial charge on any atom is 0.343 e. The first-order valence-corrected chi connectivity index (χ1v) is 28.6. The summed E-state index contributed by atoms with van der Waals surface area (Å²) in [6.45, 7) is 11.9. The van der Waals surface area contributed by atoms with Gasteiger partial charge in [-0.1, -0.05) is 53.6 Å². The van der Waals surface area contributed by atoms with Crippen molar-refractivity contribution in [3.8, 4) is 5.88 Å². The van der Waals surface area contributed by atoms with Gasteiger partial charge in [0.05, 0.1) is 82.2 Å². The van der Waals surface area contributed by atoms with E-state index in [0.29, 0.717) is 34.0 Å². The van der Waals surface area contributed by atoms with Crippen LogP contribution in [-0.2, 0) is 86.5 Å². The molecule has 96 heavy (non-hydrogen) atoms. The number of aromatic nitrogens is 8. The molecule has 8 N–H and O–H groups in total. The normalized spacial score (nSPS) is 11.5. The summed E-state index contributed by atoms with van der Waals surface area (Å²) in [4.78, 5) is 103. The molecule has 1 unspecified atom stereocenters. The van der Waals surface area contributed by atoms with E-state index in [9.17, 15) is 48.3 Å². The van der Waals surface area contributed by atoms with Crippen molar-refractivity contribution in [1.82, 2.24) is 38.3 Å². The lowest BCUT2D eigenvalue weighted by molar-refractivity contribution is -0.156. The number of carbonyl (C=O) groups excluding carboxylic acids is 8. The molecule has 0 spiro atoms. The van der Waals surface area contributed by atoms with Crippen LogP contribution in [0.2, 0.25) is 0 Å². The van der Waals surface area contributed by atoms with Crippen molar-refractivity contribution in [3.63, 3.8) is 0 Å². The van der Waals surface area contributed by atoms with Crippen molar-refractivity contribution in [2.45, 2.75) is 120 Å². The number of pyridine rings is 3. The molecular formula is C68H94N10O18. The Labute approximate surface area is 559 Å². The lowest BCUT2D eigenvalue weighted by Gasteiger charge is -2.16. The summed E-state index contributed by atoms with van der Waals surface area (Å²) in [6.07, 6.45) is 21.5. The van der Waals surface area contributed by atoms with Crippen molar-refractivity contribution < 1.29 is 82.1 Å². The average molecular weight is 1340 g/mol. The van der Waals surface area contributed by atoms with Gasteiger partial charge in [-0.15, -0.1) is 0 Å². The molecule has 0 aliphatic carbocycles. The van der Waals surface area contributed by atoms with E-state index < -0.39 is 30.0 Å². The van der Waals surface area contributed by atoms with Crippen LogP contribution >= 0.6 is 0 Å².